The van der Waals surface area contributed by atoms with E-state index >= 15 is 0 Å². The van der Waals surface area contributed by atoms with Gasteiger partial charge in [-0.15, -0.1) is 0 Å². The standard InChI is InChI=1S/C19H32N2/c1-4-21(18-8-6-5-7-9-18)11-10-19(20)17-13-15(2)12-16(3)14-17/h12-14,18-19H,4-11,20H2,1-3H3. The van der Waals surface area contributed by atoms with Crippen LogP contribution in [-0.4, -0.2) is 24.0 Å². The normalized spacial score (nSPS) is 18.1. The van der Waals surface area contributed by atoms with Crippen LogP contribution in [0.5, 0.6) is 0 Å². The Labute approximate surface area is 130 Å². The largest absolute Gasteiger partial charge is 0.324 e. The molecule has 2 rings (SSSR count). The first kappa shape index (κ1) is 16.5. The van der Waals surface area contributed by atoms with E-state index in [9.17, 15) is 0 Å². The van der Waals surface area contributed by atoms with Crippen molar-refractivity contribution in [2.75, 3.05) is 13.1 Å². The minimum Gasteiger partial charge on any atom is -0.324 e. The second kappa shape index (κ2) is 7.95. The smallest absolute Gasteiger partial charge is 0.0307 e. The Kier molecular flexibility index (Phi) is 6.25. The molecule has 1 saturated carbocycles. The first-order chi connectivity index (χ1) is 10.1. The van der Waals surface area contributed by atoms with Crippen LogP contribution in [0.15, 0.2) is 18.2 Å². The molecule has 0 amide bonds. The van der Waals surface area contributed by atoms with Crippen molar-refractivity contribution in [2.24, 2.45) is 5.73 Å². The summed E-state index contributed by atoms with van der Waals surface area (Å²) in [6.07, 6.45) is 8.07. The summed E-state index contributed by atoms with van der Waals surface area (Å²) in [7, 11) is 0. The summed E-state index contributed by atoms with van der Waals surface area (Å²) in [5.74, 6) is 0. The number of benzene rings is 1. The van der Waals surface area contributed by atoms with Crippen molar-refractivity contribution in [1.29, 1.82) is 0 Å². The third-order valence-corrected chi connectivity index (χ3v) is 4.90. The summed E-state index contributed by atoms with van der Waals surface area (Å²) in [4.78, 5) is 2.65. The van der Waals surface area contributed by atoms with Gasteiger partial charge in [0, 0.05) is 18.6 Å². The van der Waals surface area contributed by atoms with Crippen LogP contribution in [0.1, 0.15) is 68.2 Å². The predicted octanol–water partition coefficient (Wildman–Crippen LogP) is 4.35. The molecule has 0 aliphatic heterocycles. The van der Waals surface area contributed by atoms with Gasteiger partial charge in [0.25, 0.3) is 0 Å². The van der Waals surface area contributed by atoms with Gasteiger partial charge < -0.3 is 10.6 Å². The lowest BCUT2D eigenvalue weighted by atomic mass is 9.93. The van der Waals surface area contributed by atoms with E-state index in [1.54, 1.807) is 0 Å². The summed E-state index contributed by atoms with van der Waals surface area (Å²) in [6.45, 7) is 8.89. The first-order valence-electron chi connectivity index (χ1n) is 8.68. The molecule has 1 aromatic rings. The van der Waals surface area contributed by atoms with Crippen LogP contribution in [0.25, 0.3) is 0 Å². The van der Waals surface area contributed by atoms with Crippen LogP contribution >= 0.6 is 0 Å². The number of hydrogen-bond donors (Lipinski definition) is 1. The maximum atomic E-state index is 6.44. The average molecular weight is 288 g/mol. The molecule has 1 aliphatic carbocycles. The fourth-order valence-electron chi connectivity index (χ4n) is 3.74. The Morgan fingerprint density at radius 2 is 1.71 bits per heavy atom. The summed E-state index contributed by atoms with van der Waals surface area (Å²) in [5, 5.41) is 0. The quantitative estimate of drug-likeness (QED) is 0.843. The van der Waals surface area contributed by atoms with Gasteiger partial charge in [-0.2, -0.15) is 0 Å². The Balaban J connectivity index is 1.90. The van der Waals surface area contributed by atoms with Crippen LogP contribution < -0.4 is 5.73 Å². The van der Waals surface area contributed by atoms with E-state index < -0.39 is 0 Å². The number of nitrogens with zero attached hydrogens (tertiary/aromatic N) is 1. The van der Waals surface area contributed by atoms with Crippen molar-refractivity contribution in [3.05, 3.63) is 34.9 Å². The van der Waals surface area contributed by atoms with E-state index in [4.69, 9.17) is 5.73 Å². The third-order valence-electron chi connectivity index (χ3n) is 4.90. The van der Waals surface area contributed by atoms with Gasteiger partial charge in [-0.05, 0) is 45.2 Å². The molecule has 1 atom stereocenters. The highest BCUT2D eigenvalue weighted by Gasteiger charge is 2.20. The fraction of sp³-hybridized carbons (Fsp3) is 0.684. The molecule has 118 valence electrons. The van der Waals surface area contributed by atoms with Crippen LogP contribution in [0.2, 0.25) is 0 Å². The number of aryl methyl sites for hydroxylation is 2. The zero-order valence-electron chi connectivity index (χ0n) is 14.1. The van der Waals surface area contributed by atoms with E-state index in [0.717, 1.165) is 25.6 Å². The van der Waals surface area contributed by atoms with E-state index in [0.29, 0.717) is 0 Å². The van der Waals surface area contributed by atoms with Crippen molar-refractivity contribution in [3.8, 4) is 0 Å². The molecule has 1 unspecified atom stereocenters. The minimum absolute atomic E-state index is 0.168. The van der Waals surface area contributed by atoms with Crippen molar-refractivity contribution in [3.63, 3.8) is 0 Å². The SMILES string of the molecule is CCN(CCC(N)c1cc(C)cc(C)c1)C1CCCCC1. The van der Waals surface area contributed by atoms with Gasteiger partial charge >= 0.3 is 0 Å². The molecule has 0 radical (unpaired) electrons. The lowest BCUT2D eigenvalue weighted by molar-refractivity contribution is 0.159. The van der Waals surface area contributed by atoms with Crippen LogP contribution in [0.4, 0.5) is 0 Å². The fourth-order valence-corrected chi connectivity index (χ4v) is 3.74. The highest BCUT2D eigenvalue weighted by molar-refractivity contribution is 5.30. The lowest BCUT2D eigenvalue weighted by Crippen LogP contribution is -2.38. The molecular weight excluding hydrogens is 256 g/mol. The molecule has 21 heavy (non-hydrogen) atoms. The molecule has 1 aromatic carbocycles. The minimum atomic E-state index is 0.168. The first-order valence-corrected chi connectivity index (χ1v) is 8.68. The third kappa shape index (κ3) is 4.82. The van der Waals surface area contributed by atoms with E-state index in [1.807, 2.05) is 0 Å². The Morgan fingerprint density at radius 1 is 1.10 bits per heavy atom. The van der Waals surface area contributed by atoms with E-state index in [-0.39, 0.29) is 6.04 Å². The van der Waals surface area contributed by atoms with Crippen molar-refractivity contribution < 1.29 is 0 Å². The zero-order chi connectivity index (χ0) is 15.2. The van der Waals surface area contributed by atoms with Crippen LogP contribution in [0.3, 0.4) is 0 Å². The number of rotatable bonds is 6. The maximum Gasteiger partial charge on any atom is 0.0307 e. The van der Waals surface area contributed by atoms with Crippen LogP contribution in [-0.2, 0) is 0 Å². The maximum absolute atomic E-state index is 6.44. The van der Waals surface area contributed by atoms with Gasteiger partial charge in [0.2, 0.25) is 0 Å². The van der Waals surface area contributed by atoms with Gasteiger partial charge in [0.05, 0.1) is 0 Å². The topological polar surface area (TPSA) is 29.3 Å². The summed E-state index contributed by atoms with van der Waals surface area (Å²) in [5.41, 5.74) is 10.4. The second-order valence-corrected chi connectivity index (χ2v) is 6.74. The van der Waals surface area contributed by atoms with Crippen molar-refractivity contribution >= 4 is 0 Å². The Hall–Kier alpha value is -0.860. The van der Waals surface area contributed by atoms with Gasteiger partial charge in [0.1, 0.15) is 0 Å². The molecule has 0 heterocycles. The molecule has 0 saturated heterocycles. The molecule has 2 heteroatoms. The second-order valence-electron chi connectivity index (χ2n) is 6.74. The zero-order valence-corrected chi connectivity index (χ0v) is 14.1. The number of hydrogen-bond acceptors (Lipinski definition) is 2. The van der Waals surface area contributed by atoms with Gasteiger partial charge in [-0.25, -0.2) is 0 Å². The summed E-state index contributed by atoms with van der Waals surface area (Å²) in [6, 6.07) is 7.68. The van der Waals surface area contributed by atoms with Gasteiger partial charge in [-0.1, -0.05) is 55.5 Å². The molecule has 2 nitrogen and oxygen atoms in total. The molecule has 0 aromatic heterocycles. The lowest BCUT2D eigenvalue weighted by Gasteiger charge is -2.34. The molecule has 2 N–H and O–H groups in total. The van der Waals surface area contributed by atoms with Crippen molar-refractivity contribution in [1.82, 2.24) is 4.90 Å². The molecule has 0 bridgehead atoms. The summed E-state index contributed by atoms with van der Waals surface area (Å²) < 4.78 is 0. The average Bonchev–Trinajstić information content (AvgIpc) is 2.47. The molecule has 0 spiro atoms. The predicted molar refractivity (Wildman–Crippen MR) is 91.6 cm³/mol. The monoisotopic (exact) mass is 288 g/mol. The van der Waals surface area contributed by atoms with E-state index in [1.165, 1.54) is 48.8 Å². The Bertz CT molecular complexity index is 415. The molecule has 1 fully saturated rings. The summed E-state index contributed by atoms with van der Waals surface area (Å²) >= 11 is 0. The highest BCUT2D eigenvalue weighted by atomic mass is 15.1. The highest BCUT2D eigenvalue weighted by Crippen LogP contribution is 2.24. The molecule has 1 aliphatic rings. The van der Waals surface area contributed by atoms with Gasteiger partial charge in [-0.3, -0.25) is 0 Å². The van der Waals surface area contributed by atoms with Gasteiger partial charge in [0.15, 0.2) is 0 Å². The van der Waals surface area contributed by atoms with Crippen molar-refractivity contribution in [2.45, 2.75) is 71.4 Å². The van der Waals surface area contributed by atoms with E-state index in [2.05, 4.69) is 43.9 Å². The number of nitrogens with two attached hydrogens (primary N) is 1. The van der Waals surface area contributed by atoms with Crippen LogP contribution in [0, 0.1) is 13.8 Å². The molecular formula is C19H32N2. The Morgan fingerprint density at radius 3 is 2.29 bits per heavy atom.